The normalized spacial score (nSPS) is 16.0. The molecule has 2 amide bonds. The number of amides is 2. The van der Waals surface area contributed by atoms with E-state index in [1.165, 1.54) is 23.1 Å². The fourth-order valence-corrected chi connectivity index (χ4v) is 2.49. The summed E-state index contributed by atoms with van der Waals surface area (Å²) in [6.07, 6.45) is -0.544. The Morgan fingerprint density at radius 3 is 2.88 bits per heavy atom. The first-order chi connectivity index (χ1) is 11.9. The standard InChI is InChI=1S/C18H17FN2O4/c1-11-18(23)21(2)15-9-13(6-7-16(15)25-11)20-17(22)10-24-14-5-3-4-12(19)8-14/h3-9,11H,10H2,1-2H3,(H,20,22). The average Bonchev–Trinajstić information content (AvgIpc) is 2.59. The Morgan fingerprint density at radius 1 is 1.32 bits per heavy atom. The van der Waals surface area contributed by atoms with Crippen LogP contribution in [0.5, 0.6) is 11.5 Å². The van der Waals surface area contributed by atoms with E-state index < -0.39 is 17.8 Å². The first kappa shape index (κ1) is 16.8. The van der Waals surface area contributed by atoms with Crippen molar-refractivity contribution in [2.24, 2.45) is 0 Å². The molecule has 6 nitrogen and oxygen atoms in total. The second kappa shape index (κ2) is 6.80. The van der Waals surface area contributed by atoms with Crippen molar-refractivity contribution in [3.63, 3.8) is 0 Å². The maximum Gasteiger partial charge on any atom is 0.267 e. The number of halogens is 1. The fraction of sp³-hybridized carbons (Fsp3) is 0.222. The van der Waals surface area contributed by atoms with E-state index in [2.05, 4.69) is 5.32 Å². The van der Waals surface area contributed by atoms with Gasteiger partial charge in [-0.2, -0.15) is 0 Å². The Morgan fingerprint density at radius 2 is 2.12 bits per heavy atom. The molecule has 0 aromatic heterocycles. The maximum atomic E-state index is 13.1. The molecule has 1 heterocycles. The Bertz CT molecular complexity index is 824. The molecule has 130 valence electrons. The number of hydrogen-bond donors (Lipinski definition) is 1. The first-order valence-corrected chi connectivity index (χ1v) is 7.70. The van der Waals surface area contributed by atoms with Crippen molar-refractivity contribution in [3.8, 4) is 11.5 Å². The largest absolute Gasteiger partial charge is 0.484 e. The molecule has 1 unspecified atom stereocenters. The van der Waals surface area contributed by atoms with E-state index in [-0.39, 0.29) is 18.3 Å². The van der Waals surface area contributed by atoms with Crippen LogP contribution in [0.1, 0.15) is 6.92 Å². The SMILES string of the molecule is CC1Oc2ccc(NC(=O)COc3cccc(F)c3)cc2N(C)C1=O. The molecular formula is C18H17FN2O4. The molecule has 2 aromatic carbocycles. The zero-order valence-corrected chi connectivity index (χ0v) is 13.8. The summed E-state index contributed by atoms with van der Waals surface area (Å²) >= 11 is 0. The van der Waals surface area contributed by atoms with E-state index in [1.807, 2.05) is 0 Å². The number of rotatable bonds is 4. The van der Waals surface area contributed by atoms with Crippen molar-refractivity contribution >= 4 is 23.2 Å². The molecule has 1 aliphatic rings. The molecule has 0 bridgehead atoms. The third kappa shape index (κ3) is 3.71. The molecular weight excluding hydrogens is 327 g/mol. The summed E-state index contributed by atoms with van der Waals surface area (Å²) in [4.78, 5) is 25.5. The molecule has 1 N–H and O–H groups in total. The lowest BCUT2D eigenvalue weighted by Gasteiger charge is -2.30. The summed E-state index contributed by atoms with van der Waals surface area (Å²) in [6, 6.07) is 10.6. The van der Waals surface area contributed by atoms with Gasteiger partial charge in [0, 0.05) is 18.8 Å². The van der Waals surface area contributed by atoms with E-state index in [1.54, 1.807) is 38.2 Å². The molecule has 0 aliphatic carbocycles. The van der Waals surface area contributed by atoms with Crippen LogP contribution in [-0.4, -0.2) is 31.6 Å². The van der Waals surface area contributed by atoms with Crippen molar-refractivity contribution < 1.29 is 23.5 Å². The van der Waals surface area contributed by atoms with Crippen LogP contribution in [0, 0.1) is 5.82 Å². The van der Waals surface area contributed by atoms with Crippen LogP contribution in [0.3, 0.4) is 0 Å². The van der Waals surface area contributed by atoms with Crippen molar-refractivity contribution in [1.29, 1.82) is 0 Å². The summed E-state index contributed by atoms with van der Waals surface area (Å²) in [5.41, 5.74) is 1.08. The second-order valence-electron chi connectivity index (χ2n) is 5.63. The molecule has 1 aliphatic heterocycles. The summed E-state index contributed by atoms with van der Waals surface area (Å²) in [5.74, 6) is -0.153. The topological polar surface area (TPSA) is 67.9 Å². The predicted molar refractivity (Wildman–Crippen MR) is 90.5 cm³/mol. The van der Waals surface area contributed by atoms with Crippen LogP contribution in [0.15, 0.2) is 42.5 Å². The summed E-state index contributed by atoms with van der Waals surface area (Å²) in [5, 5.41) is 2.67. The number of hydrogen-bond acceptors (Lipinski definition) is 4. The van der Waals surface area contributed by atoms with Gasteiger partial charge in [-0.15, -0.1) is 0 Å². The van der Waals surface area contributed by atoms with Gasteiger partial charge < -0.3 is 19.7 Å². The van der Waals surface area contributed by atoms with Gasteiger partial charge in [-0.25, -0.2) is 4.39 Å². The van der Waals surface area contributed by atoms with Crippen LogP contribution < -0.4 is 19.7 Å². The molecule has 3 rings (SSSR count). The van der Waals surface area contributed by atoms with E-state index in [9.17, 15) is 14.0 Å². The summed E-state index contributed by atoms with van der Waals surface area (Å²) in [7, 11) is 1.65. The van der Waals surface area contributed by atoms with Crippen LogP contribution in [-0.2, 0) is 9.59 Å². The third-order valence-electron chi connectivity index (χ3n) is 3.75. The second-order valence-corrected chi connectivity index (χ2v) is 5.63. The smallest absolute Gasteiger partial charge is 0.267 e. The number of carbonyl (C=O) groups excluding carboxylic acids is 2. The Hall–Kier alpha value is -3.09. The van der Waals surface area contributed by atoms with Gasteiger partial charge in [-0.1, -0.05) is 6.07 Å². The van der Waals surface area contributed by atoms with Crippen LogP contribution >= 0.6 is 0 Å². The minimum Gasteiger partial charge on any atom is -0.484 e. The first-order valence-electron chi connectivity index (χ1n) is 7.70. The number of nitrogens with one attached hydrogen (secondary N) is 1. The van der Waals surface area contributed by atoms with Gasteiger partial charge in [0.25, 0.3) is 11.8 Å². The van der Waals surface area contributed by atoms with Gasteiger partial charge in [0.1, 0.15) is 17.3 Å². The van der Waals surface area contributed by atoms with Gasteiger partial charge in [-0.3, -0.25) is 9.59 Å². The molecule has 25 heavy (non-hydrogen) atoms. The number of likely N-dealkylation sites (N-methyl/N-ethyl adjacent to an activating group) is 1. The molecule has 0 fully saturated rings. The highest BCUT2D eigenvalue weighted by Gasteiger charge is 2.29. The van der Waals surface area contributed by atoms with Crippen molar-refractivity contribution in [1.82, 2.24) is 0 Å². The lowest BCUT2D eigenvalue weighted by molar-refractivity contribution is -0.125. The lowest BCUT2D eigenvalue weighted by atomic mass is 10.2. The Balaban J connectivity index is 1.65. The monoisotopic (exact) mass is 344 g/mol. The molecule has 0 saturated heterocycles. The van der Waals surface area contributed by atoms with Crippen LogP contribution in [0.25, 0.3) is 0 Å². The number of carbonyl (C=O) groups is 2. The van der Waals surface area contributed by atoms with Crippen molar-refractivity contribution in [3.05, 3.63) is 48.3 Å². The summed E-state index contributed by atoms with van der Waals surface area (Å²) < 4.78 is 23.8. The molecule has 0 saturated carbocycles. The lowest BCUT2D eigenvalue weighted by Crippen LogP contribution is -2.42. The van der Waals surface area contributed by atoms with E-state index in [0.717, 1.165) is 0 Å². The highest BCUT2D eigenvalue weighted by molar-refractivity contribution is 6.00. The minimum absolute atomic E-state index is 0.162. The predicted octanol–water partition coefficient (Wildman–Crippen LogP) is 2.59. The van der Waals surface area contributed by atoms with E-state index >= 15 is 0 Å². The summed E-state index contributed by atoms with van der Waals surface area (Å²) in [6.45, 7) is 1.42. The minimum atomic E-state index is -0.544. The van der Waals surface area contributed by atoms with Gasteiger partial charge in [0.2, 0.25) is 0 Å². The number of fused-ring (bicyclic) bond motifs is 1. The fourth-order valence-electron chi connectivity index (χ4n) is 2.49. The number of benzene rings is 2. The quantitative estimate of drug-likeness (QED) is 0.926. The zero-order valence-electron chi connectivity index (χ0n) is 13.8. The van der Waals surface area contributed by atoms with Crippen LogP contribution in [0.2, 0.25) is 0 Å². The molecule has 0 radical (unpaired) electrons. The maximum absolute atomic E-state index is 13.1. The zero-order chi connectivity index (χ0) is 18.0. The third-order valence-corrected chi connectivity index (χ3v) is 3.75. The number of anilines is 2. The molecule has 1 atom stereocenters. The van der Waals surface area contributed by atoms with Gasteiger partial charge in [-0.05, 0) is 37.3 Å². The Labute approximate surface area is 144 Å². The van der Waals surface area contributed by atoms with Gasteiger partial charge >= 0.3 is 0 Å². The van der Waals surface area contributed by atoms with Crippen molar-refractivity contribution in [2.45, 2.75) is 13.0 Å². The highest BCUT2D eigenvalue weighted by Crippen LogP contribution is 2.35. The Kier molecular flexibility index (Phi) is 4.56. The van der Waals surface area contributed by atoms with E-state index in [4.69, 9.17) is 9.47 Å². The molecule has 0 spiro atoms. The molecule has 7 heteroatoms. The van der Waals surface area contributed by atoms with Gasteiger partial charge in [0.05, 0.1) is 5.69 Å². The average molecular weight is 344 g/mol. The van der Waals surface area contributed by atoms with Crippen LogP contribution in [0.4, 0.5) is 15.8 Å². The van der Waals surface area contributed by atoms with Crippen molar-refractivity contribution in [2.75, 3.05) is 23.9 Å². The number of ether oxygens (including phenoxy) is 2. The van der Waals surface area contributed by atoms with E-state index in [0.29, 0.717) is 17.1 Å². The number of nitrogens with zero attached hydrogens (tertiary/aromatic N) is 1. The van der Waals surface area contributed by atoms with Gasteiger partial charge in [0.15, 0.2) is 12.7 Å². The highest BCUT2D eigenvalue weighted by atomic mass is 19.1. The molecule has 2 aromatic rings.